The number of aromatic amines is 1. The summed E-state index contributed by atoms with van der Waals surface area (Å²) in [7, 11) is 0. The van der Waals surface area contributed by atoms with Crippen molar-refractivity contribution in [2.45, 2.75) is 24.7 Å². The standard InChI is InChI=1S/C18H19N5O2S/c1-10-19-16-13(21-12-5-3-4-6-14(12)26(2)25)9-15(22-17(16)20-10)23-18(24)11-7-8-11/h3-6,9,11H,7-8H2,1-2H3,(H3,19,20,21,22,23,24)/t26-/m0/s1. The molecule has 0 unspecified atom stereocenters. The van der Waals surface area contributed by atoms with Gasteiger partial charge in [-0.1, -0.05) is 12.1 Å². The highest BCUT2D eigenvalue weighted by molar-refractivity contribution is 7.90. The number of H-pyrrole nitrogens is 1. The number of benzene rings is 1. The Morgan fingerprint density at radius 2 is 2.04 bits per heavy atom. The monoisotopic (exact) mass is 369 g/mol. The van der Waals surface area contributed by atoms with Crippen LogP contribution in [0.2, 0.25) is 0 Å². The zero-order valence-electron chi connectivity index (χ0n) is 14.5. The van der Waals surface area contributed by atoms with Gasteiger partial charge in [0.05, 0.1) is 11.4 Å². The lowest BCUT2D eigenvalue weighted by atomic mass is 10.2. The van der Waals surface area contributed by atoms with Gasteiger partial charge in [0.2, 0.25) is 5.91 Å². The van der Waals surface area contributed by atoms with E-state index in [1.807, 2.05) is 31.2 Å². The van der Waals surface area contributed by atoms with Gasteiger partial charge < -0.3 is 20.2 Å². The first-order valence-electron chi connectivity index (χ1n) is 8.39. The molecule has 1 fully saturated rings. The summed E-state index contributed by atoms with van der Waals surface area (Å²) in [4.78, 5) is 24.8. The fourth-order valence-electron chi connectivity index (χ4n) is 2.80. The molecular formula is C18H19N5O2S. The summed E-state index contributed by atoms with van der Waals surface area (Å²) < 4.78 is 12.0. The maximum atomic E-state index is 12.1. The van der Waals surface area contributed by atoms with E-state index in [4.69, 9.17) is 0 Å². The number of aromatic nitrogens is 3. The van der Waals surface area contributed by atoms with Crippen molar-refractivity contribution in [3.05, 3.63) is 36.2 Å². The highest BCUT2D eigenvalue weighted by atomic mass is 32.2. The van der Waals surface area contributed by atoms with Crippen LogP contribution in [0.4, 0.5) is 17.2 Å². The number of rotatable bonds is 5. The molecule has 2 heterocycles. The molecule has 4 rings (SSSR count). The van der Waals surface area contributed by atoms with Gasteiger partial charge in [-0.25, -0.2) is 9.97 Å². The summed E-state index contributed by atoms with van der Waals surface area (Å²) in [5.41, 5.74) is 2.70. The van der Waals surface area contributed by atoms with Crippen LogP contribution in [0.5, 0.6) is 0 Å². The first kappa shape index (κ1) is 16.9. The molecule has 0 radical (unpaired) electrons. The van der Waals surface area contributed by atoms with Gasteiger partial charge >= 0.3 is 0 Å². The Labute approximate surface area is 153 Å². The molecule has 1 aromatic carbocycles. The fourth-order valence-corrected chi connectivity index (χ4v) is 3.50. The molecule has 0 spiro atoms. The summed E-state index contributed by atoms with van der Waals surface area (Å²) in [6.45, 7) is 1.85. The molecule has 1 atom stereocenters. The Balaban J connectivity index is 1.74. The number of carbonyl (C=O) groups is 1. The molecule has 0 saturated heterocycles. The van der Waals surface area contributed by atoms with Crippen molar-refractivity contribution in [2.24, 2.45) is 5.92 Å². The van der Waals surface area contributed by atoms with Gasteiger partial charge in [0.1, 0.15) is 23.4 Å². The average molecular weight is 369 g/mol. The molecule has 0 aliphatic heterocycles. The molecule has 1 aliphatic rings. The molecule has 3 N–H and O–H groups in total. The van der Waals surface area contributed by atoms with Gasteiger partial charge in [-0.3, -0.25) is 4.79 Å². The number of nitrogens with zero attached hydrogens (tertiary/aromatic N) is 2. The molecular weight excluding hydrogens is 350 g/mol. The van der Waals surface area contributed by atoms with Gasteiger partial charge in [-0.2, -0.15) is 0 Å². The number of hydrogen-bond donors (Lipinski definition) is 3. The third-order valence-corrected chi connectivity index (χ3v) is 5.21. The fraction of sp³-hybridized carbons (Fsp3) is 0.278. The first-order chi connectivity index (χ1) is 12.5. The molecule has 134 valence electrons. The van der Waals surface area contributed by atoms with E-state index in [2.05, 4.69) is 25.6 Å². The minimum Gasteiger partial charge on any atom is -0.612 e. The van der Waals surface area contributed by atoms with Crippen molar-refractivity contribution >= 4 is 45.4 Å². The van der Waals surface area contributed by atoms with Crippen molar-refractivity contribution in [3.63, 3.8) is 0 Å². The number of carbonyl (C=O) groups excluding carboxylic acids is 1. The number of amides is 1. The average Bonchev–Trinajstić information content (AvgIpc) is 3.37. The summed E-state index contributed by atoms with van der Waals surface area (Å²) in [6.07, 6.45) is 3.50. The minimum atomic E-state index is -1.13. The van der Waals surface area contributed by atoms with E-state index >= 15 is 0 Å². The van der Waals surface area contributed by atoms with Crippen LogP contribution < -0.4 is 10.6 Å². The van der Waals surface area contributed by atoms with Crippen LogP contribution in [0, 0.1) is 12.8 Å². The molecule has 7 nitrogen and oxygen atoms in total. The highest BCUT2D eigenvalue weighted by Crippen LogP contribution is 2.32. The second-order valence-corrected chi connectivity index (χ2v) is 7.76. The summed E-state index contributed by atoms with van der Waals surface area (Å²) in [5, 5.41) is 6.17. The second-order valence-electron chi connectivity index (χ2n) is 6.41. The molecule has 1 amide bonds. The molecule has 8 heteroatoms. The van der Waals surface area contributed by atoms with Gasteiger partial charge in [0.25, 0.3) is 0 Å². The third kappa shape index (κ3) is 3.38. The smallest absolute Gasteiger partial charge is 0.228 e. The number of aryl methyl sites for hydroxylation is 1. The Bertz CT molecular complexity index is 981. The SMILES string of the molecule is Cc1nc2c(Nc3ccccc3[S@+](C)[O-])cc(NC(=O)C3CC3)nc2[nH]1. The van der Waals surface area contributed by atoms with E-state index in [0.717, 1.165) is 24.4 Å². The Morgan fingerprint density at radius 3 is 2.77 bits per heavy atom. The molecule has 0 bridgehead atoms. The number of para-hydroxylation sites is 1. The van der Waals surface area contributed by atoms with Crippen LogP contribution in [0.1, 0.15) is 18.7 Å². The van der Waals surface area contributed by atoms with Gasteiger partial charge in [-0.05, 0) is 43.1 Å². The largest absolute Gasteiger partial charge is 0.612 e. The maximum Gasteiger partial charge on any atom is 0.228 e. The van der Waals surface area contributed by atoms with Gasteiger partial charge in [0, 0.05) is 12.0 Å². The molecule has 1 saturated carbocycles. The van der Waals surface area contributed by atoms with Crippen LogP contribution in [-0.4, -0.2) is 31.7 Å². The molecule has 3 aromatic rings. The molecule has 26 heavy (non-hydrogen) atoms. The van der Waals surface area contributed by atoms with Crippen LogP contribution in [0.3, 0.4) is 0 Å². The van der Waals surface area contributed by atoms with Crippen molar-refractivity contribution < 1.29 is 9.35 Å². The third-order valence-electron chi connectivity index (χ3n) is 4.24. The highest BCUT2D eigenvalue weighted by Gasteiger charge is 2.30. The van der Waals surface area contributed by atoms with Gasteiger partial charge in [-0.15, -0.1) is 0 Å². The van der Waals surface area contributed by atoms with Crippen LogP contribution in [-0.2, 0) is 16.0 Å². The number of nitrogens with one attached hydrogen (secondary N) is 3. The minimum absolute atomic E-state index is 0.00546. The zero-order chi connectivity index (χ0) is 18.3. The Hall–Kier alpha value is -2.58. The van der Waals surface area contributed by atoms with E-state index < -0.39 is 11.2 Å². The number of imidazole rings is 1. The number of anilines is 3. The predicted octanol–water partition coefficient (Wildman–Crippen LogP) is 3.10. The van der Waals surface area contributed by atoms with Crippen molar-refractivity contribution in [1.82, 2.24) is 15.0 Å². The predicted molar refractivity (Wildman–Crippen MR) is 102 cm³/mol. The lowest BCUT2D eigenvalue weighted by Crippen LogP contribution is -2.14. The van der Waals surface area contributed by atoms with Gasteiger partial charge in [0.15, 0.2) is 10.5 Å². The van der Waals surface area contributed by atoms with Crippen LogP contribution in [0.15, 0.2) is 35.2 Å². The first-order valence-corrected chi connectivity index (χ1v) is 9.95. The van der Waals surface area contributed by atoms with Crippen molar-refractivity contribution in [1.29, 1.82) is 0 Å². The Morgan fingerprint density at radius 1 is 1.27 bits per heavy atom. The zero-order valence-corrected chi connectivity index (χ0v) is 15.3. The summed E-state index contributed by atoms with van der Waals surface area (Å²) >= 11 is -1.13. The van der Waals surface area contributed by atoms with Crippen molar-refractivity contribution in [2.75, 3.05) is 16.9 Å². The number of hydrogen-bond acceptors (Lipinski definition) is 5. The number of fused-ring (bicyclic) bond motifs is 1. The number of pyridine rings is 1. The molecule has 2 aromatic heterocycles. The maximum absolute atomic E-state index is 12.1. The van der Waals surface area contributed by atoms with Crippen LogP contribution in [0.25, 0.3) is 11.2 Å². The van der Waals surface area contributed by atoms with E-state index in [9.17, 15) is 9.35 Å². The van der Waals surface area contributed by atoms with E-state index in [1.165, 1.54) is 0 Å². The van der Waals surface area contributed by atoms with Crippen LogP contribution >= 0.6 is 0 Å². The van der Waals surface area contributed by atoms with E-state index in [1.54, 1.807) is 12.3 Å². The summed E-state index contributed by atoms with van der Waals surface area (Å²) in [6, 6.07) is 9.18. The second kappa shape index (κ2) is 6.62. The Kier molecular flexibility index (Phi) is 4.29. The topological polar surface area (TPSA) is 106 Å². The lowest BCUT2D eigenvalue weighted by Gasteiger charge is -2.13. The quantitative estimate of drug-likeness (QED) is 0.599. The molecule has 1 aliphatic carbocycles. The van der Waals surface area contributed by atoms with Crippen molar-refractivity contribution in [3.8, 4) is 0 Å². The van der Waals surface area contributed by atoms with E-state index in [-0.39, 0.29) is 11.8 Å². The normalized spacial score (nSPS) is 15.0. The lowest BCUT2D eigenvalue weighted by molar-refractivity contribution is -0.117. The summed E-state index contributed by atoms with van der Waals surface area (Å²) in [5.74, 6) is 1.29. The van der Waals surface area contributed by atoms with E-state index in [0.29, 0.717) is 27.6 Å².